The van der Waals surface area contributed by atoms with Crippen LogP contribution in [0.4, 0.5) is 5.00 Å². The number of hydrogen-bond acceptors (Lipinski definition) is 5. The van der Waals surface area contributed by atoms with Crippen LogP contribution in [0.15, 0.2) is 0 Å². The maximum absolute atomic E-state index is 12.7. The molecule has 3 rings (SSSR count). The summed E-state index contributed by atoms with van der Waals surface area (Å²) in [4.78, 5) is 37.1. The minimum Gasteiger partial charge on any atom is -0.550 e. The second-order valence-electron chi connectivity index (χ2n) is 7.23. The van der Waals surface area contributed by atoms with Crippen molar-refractivity contribution in [2.75, 3.05) is 5.32 Å². The van der Waals surface area contributed by atoms with Crippen molar-refractivity contribution in [3.05, 3.63) is 16.0 Å². The van der Waals surface area contributed by atoms with Crippen LogP contribution in [-0.2, 0) is 22.4 Å². The molecule has 3 N–H and O–H groups in total. The molecule has 7 heteroatoms. The summed E-state index contributed by atoms with van der Waals surface area (Å²) in [7, 11) is 0. The van der Waals surface area contributed by atoms with E-state index >= 15 is 0 Å². The molecule has 1 aromatic heterocycles. The summed E-state index contributed by atoms with van der Waals surface area (Å²) in [5.41, 5.74) is 6.91. The van der Waals surface area contributed by atoms with Crippen LogP contribution in [0, 0.1) is 17.8 Å². The maximum atomic E-state index is 12.7. The number of fused-ring (bicyclic) bond motifs is 1. The number of nitrogens with one attached hydrogen (secondary N) is 1. The average molecular weight is 363 g/mol. The van der Waals surface area contributed by atoms with Gasteiger partial charge in [-0.1, -0.05) is 19.8 Å². The van der Waals surface area contributed by atoms with Crippen LogP contribution in [-0.4, -0.2) is 17.8 Å². The monoisotopic (exact) mass is 363 g/mol. The van der Waals surface area contributed by atoms with E-state index in [1.165, 1.54) is 11.3 Å². The molecule has 25 heavy (non-hydrogen) atoms. The second kappa shape index (κ2) is 7.15. The molecule has 2 amide bonds. The molecule has 136 valence electrons. The SMILES string of the molecule is C[C@H]1CCc2c(sc(NC(=O)[C@H]3CCCC[C@@H]3C(=O)[O-])c2C(N)=O)C1. The summed E-state index contributed by atoms with van der Waals surface area (Å²) >= 11 is 1.40. The third kappa shape index (κ3) is 3.56. The Hall–Kier alpha value is -1.89. The molecule has 0 aliphatic heterocycles. The third-order valence-electron chi connectivity index (χ3n) is 5.40. The fourth-order valence-electron chi connectivity index (χ4n) is 4.03. The predicted octanol–water partition coefficient (Wildman–Crippen LogP) is 1.47. The van der Waals surface area contributed by atoms with Crippen molar-refractivity contribution in [3.8, 4) is 0 Å². The lowest BCUT2D eigenvalue weighted by molar-refractivity contribution is -0.313. The van der Waals surface area contributed by atoms with Gasteiger partial charge in [-0.05, 0) is 43.6 Å². The van der Waals surface area contributed by atoms with E-state index in [9.17, 15) is 19.5 Å². The minimum atomic E-state index is -1.17. The largest absolute Gasteiger partial charge is 0.550 e. The highest BCUT2D eigenvalue weighted by Crippen LogP contribution is 2.40. The van der Waals surface area contributed by atoms with E-state index in [2.05, 4.69) is 12.2 Å². The fraction of sp³-hybridized carbons (Fsp3) is 0.611. The first kappa shape index (κ1) is 17.9. The number of hydrogen-bond donors (Lipinski definition) is 2. The Morgan fingerprint density at radius 3 is 2.48 bits per heavy atom. The molecule has 6 nitrogen and oxygen atoms in total. The smallest absolute Gasteiger partial charge is 0.251 e. The van der Waals surface area contributed by atoms with Gasteiger partial charge in [0.05, 0.1) is 5.56 Å². The van der Waals surface area contributed by atoms with Crippen molar-refractivity contribution in [1.82, 2.24) is 0 Å². The van der Waals surface area contributed by atoms with E-state index in [1.54, 1.807) is 0 Å². The molecule has 1 aromatic rings. The van der Waals surface area contributed by atoms with Crippen molar-refractivity contribution in [1.29, 1.82) is 0 Å². The highest BCUT2D eigenvalue weighted by Gasteiger charge is 2.34. The molecule has 1 fully saturated rings. The van der Waals surface area contributed by atoms with Crippen LogP contribution in [0.2, 0.25) is 0 Å². The molecule has 0 unspecified atom stereocenters. The minimum absolute atomic E-state index is 0.344. The molecule has 0 spiro atoms. The Morgan fingerprint density at radius 2 is 1.84 bits per heavy atom. The zero-order chi connectivity index (χ0) is 18.1. The number of aliphatic carboxylic acids is 1. The molecule has 2 aliphatic carbocycles. The van der Waals surface area contributed by atoms with Gasteiger partial charge in [0.1, 0.15) is 5.00 Å². The maximum Gasteiger partial charge on any atom is 0.251 e. The summed E-state index contributed by atoms with van der Waals surface area (Å²) in [6.45, 7) is 2.16. The number of carbonyl (C=O) groups is 3. The van der Waals surface area contributed by atoms with Gasteiger partial charge in [-0.25, -0.2) is 0 Å². The quantitative estimate of drug-likeness (QED) is 0.843. The second-order valence-corrected chi connectivity index (χ2v) is 8.33. The zero-order valence-corrected chi connectivity index (χ0v) is 15.1. The van der Waals surface area contributed by atoms with E-state index in [0.717, 1.165) is 42.5 Å². The third-order valence-corrected chi connectivity index (χ3v) is 6.57. The van der Waals surface area contributed by atoms with Crippen LogP contribution < -0.4 is 16.2 Å². The summed E-state index contributed by atoms with van der Waals surface area (Å²) in [6, 6.07) is 0. The average Bonchev–Trinajstić information content (AvgIpc) is 2.91. The van der Waals surface area contributed by atoms with Gasteiger partial charge in [-0.2, -0.15) is 0 Å². The number of primary amides is 1. The fourth-order valence-corrected chi connectivity index (χ4v) is 5.45. The first-order valence-corrected chi connectivity index (χ1v) is 9.66. The van der Waals surface area contributed by atoms with E-state index in [4.69, 9.17) is 5.73 Å². The molecule has 1 heterocycles. The molecular formula is C18H23N2O4S-. The van der Waals surface area contributed by atoms with Gasteiger partial charge < -0.3 is 21.0 Å². The number of rotatable bonds is 4. The lowest BCUT2D eigenvalue weighted by Gasteiger charge is -2.31. The van der Waals surface area contributed by atoms with Crippen LogP contribution in [0.1, 0.15) is 59.8 Å². The van der Waals surface area contributed by atoms with Crippen LogP contribution >= 0.6 is 11.3 Å². The summed E-state index contributed by atoms with van der Waals surface area (Å²) < 4.78 is 0. The Balaban J connectivity index is 1.86. The Kier molecular flexibility index (Phi) is 5.13. The van der Waals surface area contributed by atoms with Gasteiger partial charge in [-0.3, -0.25) is 9.59 Å². The van der Waals surface area contributed by atoms with Gasteiger partial charge in [0, 0.05) is 22.7 Å². The normalized spacial score (nSPS) is 25.9. The highest BCUT2D eigenvalue weighted by molar-refractivity contribution is 7.17. The van der Waals surface area contributed by atoms with Gasteiger partial charge in [0.25, 0.3) is 5.91 Å². The number of nitrogens with two attached hydrogens (primary N) is 1. The molecule has 0 saturated heterocycles. The topological polar surface area (TPSA) is 112 Å². The van der Waals surface area contributed by atoms with Crippen LogP contribution in [0.25, 0.3) is 0 Å². The van der Waals surface area contributed by atoms with Gasteiger partial charge >= 0.3 is 0 Å². The number of thiophene rings is 1. The molecule has 1 saturated carbocycles. The van der Waals surface area contributed by atoms with Crippen molar-refractivity contribution >= 4 is 34.1 Å². The number of carboxylic acids is 1. The van der Waals surface area contributed by atoms with Crippen molar-refractivity contribution in [2.45, 2.75) is 51.9 Å². The van der Waals surface area contributed by atoms with Gasteiger partial charge in [0.15, 0.2) is 0 Å². The van der Waals surface area contributed by atoms with Gasteiger partial charge in [0.2, 0.25) is 5.91 Å². The van der Waals surface area contributed by atoms with E-state index < -0.39 is 23.7 Å². The first-order valence-electron chi connectivity index (χ1n) is 8.84. The Labute approximate surface area is 150 Å². The lowest BCUT2D eigenvalue weighted by atomic mass is 9.78. The molecule has 0 radical (unpaired) electrons. The predicted molar refractivity (Wildman–Crippen MR) is 93.1 cm³/mol. The molecule has 0 aromatic carbocycles. The van der Waals surface area contributed by atoms with Crippen molar-refractivity contribution in [3.63, 3.8) is 0 Å². The molecule has 0 bridgehead atoms. The standard InChI is InChI=1S/C18H24N2O4S/c1-9-6-7-12-13(8-9)25-17(14(12)15(19)21)20-16(22)10-4-2-3-5-11(10)18(23)24/h9-11H,2-8H2,1H3,(H2,19,21)(H,20,22)(H,23,24)/p-1/t9-,10-,11-/m0/s1. The lowest BCUT2D eigenvalue weighted by Crippen LogP contribution is -2.42. The molecule has 2 aliphatic rings. The highest BCUT2D eigenvalue weighted by atomic mass is 32.1. The van der Waals surface area contributed by atoms with E-state index in [-0.39, 0.29) is 5.91 Å². The van der Waals surface area contributed by atoms with Crippen molar-refractivity contribution < 1.29 is 19.5 Å². The van der Waals surface area contributed by atoms with E-state index in [0.29, 0.717) is 29.3 Å². The summed E-state index contributed by atoms with van der Waals surface area (Å²) in [5, 5.41) is 14.6. The summed E-state index contributed by atoms with van der Waals surface area (Å²) in [5.74, 6) is -2.89. The Bertz CT molecular complexity index is 712. The Morgan fingerprint density at radius 1 is 1.16 bits per heavy atom. The zero-order valence-electron chi connectivity index (χ0n) is 14.3. The van der Waals surface area contributed by atoms with Gasteiger partial charge in [-0.15, -0.1) is 11.3 Å². The first-order chi connectivity index (χ1) is 11.9. The number of amides is 2. The number of carboxylic acid groups (broad SMARTS) is 1. The summed E-state index contributed by atoms with van der Waals surface area (Å²) in [6.07, 6.45) is 5.25. The number of carbonyl (C=O) groups excluding carboxylic acids is 3. The van der Waals surface area contributed by atoms with Crippen molar-refractivity contribution in [2.24, 2.45) is 23.5 Å². The van der Waals surface area contributed by atoms with Crippen LogP contribution in [0.3, 0.4) is 0 Å². The molecule has 3 atom stereocenters. The van der Waals surface area contributed by atoms with Crippen LogP contribution in [0.5, 0.6) is 0 Å². The molecular weight excluding hydrogens is 340 g/mol. The van der Waals surface area contributed by atoms with E-state index in [1.807, 2.05) is 0 Å². The number of anilines is 1.